The van der Waals surface area contributed by atoms with E-state index in [9.17, 15) is 0 Å². The predicted molar refractivity (Wildman–Crippen MR) is 48.8 cm³/mol. The Morgan fingerprint density at radius 3 is 2.60 bits per heavy atom. The van der Waals surface area contributed by atoms with Gasteiger partial charge in [-0.15, -0.1) is 5.47 Å². The minimum absolute atomic E-state index is 0.704. The quantitative estimate of drug-likeness (QED) is 0.480. The first-order valence-electron chi connectivity index (χ1n) is 4.07. The Morgan fingerprint density at radius 1 is 1.50 bits per heavy atom. The Labute approximate surface area is 64.4 Å². The summed E-state index contributed by atoms with van der Waals surface area (Å²) in [6.07, 6.45) is 7.19. The number of hydrogen-bond acceptors (Lipinski definition) is 0. The van der Waals surface area contributed by atoms with Gasteiger partial charge in [0.15, 0.2) is 0 Å². The van der Waals surface area contributed by atoms with Gasteiger partial charge in [-0.05, 0) is 18.8 Å². The monoisotopic (exact) mass is 134 g/mol. The highest BCUT2D eigenvalue weighted by atomic mass is 14.1. The molecule has 1 aliphatic rings. The maximum Gasteiger partial charge on any atom is 0.133 e. The van der Waals surface area contributed by atoms with Crippen molar-refractivity contribution in [1.29, 1.82) is 0 Å². The summed E-state index contributed by atoms with van der Waals surface area (Å²) in [6.45, 7) is 4.50. The second kappa shape index (κ2) is 3.09. The highest BCUT2D eigenvalue weighted by Crippen LogP contribution is 2.20. The Balaban J connectivity index is 2.69. The largest absolute Gasteiger partial charge is 0.133 e. The Bertz CT molecular complexity index is 175. The van der Waals surface area contributed by atoms with E-state index in [-0.39, 0.29) is 0 Å². The van der Waals surface area contributed by atoms with Crippen LogP contribution in [0.25, 0.3) is 0 Å². The maximum absolute atomic E-state index is 2.36. The molecular formula is C9H15B. The standard InChI is InChI=1S/C9H15B/c1-7(2)8-4-3-5-9(10)6-8/h4,6-7H,3,5,10H2,1-2H3. The van der Waals surface area contributed by atoms with Gasteiger partial charge < -0.3 is 0 Å². The summed E-state index contributed by atoms with van der Waals surface area (Å²) in [6, 6.07) is 0. The third-order valence-electron chi connectivity index (χ3n) is 2.00. The van der Waals surface area contributed by atoms with Gasteiger partial charge >= 0.3 is 0 Å². The average molecular weight is 134 g/mol. The zero-order chi connectivity index (χ0) is 7.56. The topological polar surface area (TPSA) is 0 Å². The summed E-state index contributed by atoms with van der Waals surface area (Å²) < 4.78 is 0. The van der Waals surface area contributed by atoms with Gasteiger partial charge in [-0.2, -0.15) is 0 Å². The zero-order valence-corrected chi connectivity index (χ0v) is 7.15. The molecule has 0 fully saturated rings. The van der Waals surface area contributed by atoms with Gasteiger partial charge in [-0.25, -0.2) is 0 Å². The van der Waals surface area contributed by atoms with E-state index in [1.165, 1.54) is 23.9 Å². The van der Waals surface area contributed by atoms with E-state index in [1.807, 2.05) is 0 Å². The molecule has 0 aromatic carbocycles. The second-order valence-corrected chi connectivity index (χ2v) is 3.39. The van der Waals surface area contributed by atoms with Crippen LogP contribution in [0.15, 0.2) is 23.2 Å². The number of rotatable bonds is 1. The van der Waals surface area contributed by atoms with E-state index < -0.39 is 0 Å². The molecule has 0 saturated heterocycles. The van der Waals surface area contributed by atoms with Crippen LogP contribution in [-0.4, -0.2) is 7.85 Å². The SMILES string of the molecule is BC1=CC(C(C)C)=CCC1. The van der Waals surface area contributed by atoms with Gasteiger partial charge in [0.05, 0.1) is 0 Å². The van der Waals surface area contributed by atoms with Crippen LogP contribution in [-0.2, 0) is 0 Å². The van der Waals surface area contributed by atoms with Gasteiger partial charge in [0.2, 0.25) is 0 Å². The lowest BCUT2D eigenvalue weighted by atomic mass is 9.83. The van der Waals surface area contributed by atoms with Crippen molar-refractivity contribution in [3.05, 3.63) is 23.2 Å². The highest BCUT2D eigenvalue weighted by molar-refractivity contribution is 6.21. The minimum atomic E-state index is 0.704. The Kier molecular flexibility index (Phi) is 2.36. The van der Waals surface area contributed by atoms with E-state index in [1.54, 1.807) is 0 Å². The number of allylic oxidation sites excluding steroid dienone is 4. The van der Waals surface area contributed by atoms with Gasteiger partial charge in [0, 0.05) is 0 Å². The molecular weight excluding hydrogens is 119 g/mol. The van der Waals surface area contributed by atoms with E-state index in [4.69, 9.17) is 0 Å². The molecule has 1 aliphatic carbocycles. The van der Waals surface area contributed by atoms with Gasteiger partial charge in [-0.1, -0.05) is 31.6 Å². The van der Waals surface area contributed by atoms with Crippen molar-refractivity contribution in [2.75, 3.05) is 0 Å². The molecule has 0 amide bonds. The summed E-state index contributed by atoms with van der Waals surface area (Å²) in [5.41, 5.74) is 3.05. The van der Waals surface area contributed by atoms with Crippen molar-refractivity contribution < 1.29 is 0 Å². The number of hydrogen-bond donors (Lipinski definition) is 0. The molecule has 0 aliphatic heterocycles. The maximum atomic E-state index is 2.36. The summed E-state index contributed by atoms with van der Waals surface area (Å²) in [7, 11) is 2.22. The summed E-state index contributed by atoms with van der Waals surface area (Å²) in [5, 5.41) is 0. The first-order valence-corrected chi connectivity index (χ1v) is 4.07. The van der Waals surface area contributed by atoms with Crippen LogP contribution in [0.3, 0.4) is 0 Å². The van der Waals surface area contributed by atoms with Crippen LogP contribution in [0.2, 0.25) is 0 Å². The molecule has 0 radical (unpaired) electrons. The third-order valence-corrected chi connectivity index (χ3v) is 2.00. The van der Waals surface area contributed by atoms with Crippen molar-refractivity contribution in [3.63, 3.8) is 0 Å². The second-order valence-electron chi connectivity index (χ2n) is 3.39. The fourth-order valence-corrected chi connectivity index (χ4v) is 1.28. The van der Waals surface area contributed by atoms with Crippen LogP contribution in [0.4, 0.5) is 0 Å². The minimum Gasteiger partial charge on any atom is -0.109 e. The normalized spacial score (nSPS) is 18.7. The third kappa shape index (κ3) is 1.76. The van der Waals surface area contributed by atoms with E-state index in [2.05, 4.69) is 33.8 Å². The molecule has 0 bridgehead atoms. The molecule has 1 rings (SSSR count). The zero-order valence-electron chi connectivity index (χ0n) is 7.15. The molecule has 54 valence electrons. The smallest absolute Gasteiger partial charge is 0.109 e. The molecule has 0 aromatic heterocycles. The first-order chi connectivity index (χ1) is 4.70. The van der Waals surface area contributed by atoms with Gasteiger partial charge in [0.1, 0.15) is 7.85 Å². The van der Waals surface area contributed by atoms with Crippen molar-refractivity contribution >= 4 is 7.85 Å². The molecule has 0 heterocycles. The summed E-state index contributed by atoms with van der Waals surface area (Å²) >= 11 is 0. The molecule has 0 unspecified atom stereocenters. The molecule has 0 N–H and O–H groups in total. The highest BCUT2D eigenvalue weighted by Gasteiger charge is 2.03. The van der Waals surface area contributed by atoms with Crippen LogP contribution in [0.5, 0.6) is 0 Å². The van der Waals surface area contributed by atoms with Crippen LogP contribution < -0.4 is 0 Å². The molecule has 0 atom stereocenters. The lowest BCUT2D eigenvalue weighted by Gasteiger charge is -2.13. The van der Waals surface area contributed by atoms with Crippen LogP contribution >= 0.6 is 0 Å². The molecule has 10 heavy (non-hydrogen) atoms. The molecule has 0 aromatic rings. The van der Waals surface area contributed by atoms with E-state index in [0.717, 1.165) is 0 Å². The summed E-state index contributed by atoms with van der Waals surface area (Å²) in [5.74, 6) is 0.704. The van der Waals surface area contributed by atoms with Gasteiger partial charge in [-0.3, -0.25) is 0 Å². The van der Waals surface area contributed by atoms with Crippen molar-refractivity contribution in [1.82, 2.24) is 0 Å². The Hall–Kier alpha value is -0.455. The Morgan fingerprint density at radius 2 is 2.20 bits per heavy atom. The van der Waals surface area contributed by atoms with Crippen molar-refractivity contribution in [2.45, 2.75) is 26.7 Å². The summed E-state index contributed by atoms with van der Waals surface area (Å²) in [4.78, 5) is 0. The molecule has 0 nitrogen and oxygen atoms in total. The lowest BCUT2D eigenvalue weighted by molar-refractivity contribution is 0.771. The van der Waals surface area contributed by atoms with E-state index in [0.29, 0.717) is 5.92 Å². The van der Waals surface area contributed by atoms with E-state index >= 15 is 0 Å². The fraction of sp³-hybridized carbons (Fsp3) is 0.556. The van der Waals surface area contributed by atoms with Crippen molar-refractivity contribution in [2.24, 2.45) is 5.92 Å². The van der Waals surface area contributed by atoms with Gasteiger partial charge in [0.25, 0.3) is 0 Å². The first kappa shape index (κ1) is 7.65. The van der Waals surface area contributed by atoms with Crippen molar-refractivity contribution in [3.8, 4) is 0 Å². The fourth-order valence-electron chi connectivity index (χ4n) is 1.28. The van der Waals surface area contributed by atoms with Crippen LogP contribution in [0, 0.1) is 5.92 Å². The molecule has 0 spiro atoms. The average Bonchev–Trinajstić information content (AvgIpc) is 1.88. The lowest BCUT2D eigenvalue weighted by Crippen LogP contribution is -1.97. The molecule has 0 saturated carbocycles. The van der Waals surface area contributed by atoms with Crippen LogP contribution in [0.1, 0.15) is 26.7 Å². The predicted octanol–water partition coefficient (Wildman–Crippen LogP) is 1.88. The molecule has 1 heteroatoms.